The number of carboxylic acid groups (broad SMARTS) is 1. The predicted octanol–water partition coefficient (Wildman–Crippen LogP) is 2.64. The van der Waals surface area contributed by atoms with E-state index in [0.29, 0.717) is 18.4 Å². The first-order valence-corrected chi connectivity index (χ1v) is 7.20. The van der Waals surface area contributed by atoms with Crippen LogP contribution < -0.4 is 5.32 Å². The van der Waals surface area contributed by atoms with Crippen molar-refractivity contribution in [2.75, 3.05) is 0 Å². The number of aromatic nitrogens is 1. The van der Waals surface area contributed by atoms with E-state index in [0.717, 1.165) is 17.4 Å². The molecule has 1 unspecified atom stereocenters. The van der Waals surface area contributed by atoms with Crippen molar-refractivity contribution in [2.24, 2.45) is 0 Å². The fraction of sp³-hybridized carbons (Fsp3) is 0.375. The number of fused-ring (bicyclic) bond motifs is 1. The number of para-hydroxylation sites is 1. The molecule has 0 aliphatic rings. The van der Waals surface area contributed by atoms with Gasteiger partial charge in [-0.05, 0) is 19.4 Å². The standard InChI is InChI=1S/C16H20N2O3/c1-3-7-13(16(20)21)17-15(19)12-10-18(4-2)14-9-6-5-8-11(12)14/h5-6,8-10,13H,3-4,7H2,1-2H3,(H,17,19)(H,20,21). The predicted molar refractivity (Wildman–Crippen MR) is 81.4 cm³/mol. The van der Waals surface area contributed by atoms with Crippen molar-refractivity contribution in [1.29, 1.82) is 0 Å². The van der Waals surface area contributed by atoms with E-state index in [1.54, 1.807) is 6.20 Å². The summed E-state index contributed by atoms with van der Waals surface area (Å²) in [5.74, 6) is -1.33. The highest BCUT2D eigenvalue weighted by Crippen LogP contribution is 2.21. The maximum absolute atomic E-state index is 12.4. The van der Waals surface area contributed by atoms with Crippen LogP contribution in [-0.2, 0) is 11.3 Å². The number of carbonyl (C=O) groups is 2. The number of hydrogen-bond donors (Lipinski definition) is 2. The van der Waals surface area contributed by atoms with Gasteiger partial charge in [-0.15, -0.1) is 0 Å². The third-order valence-electron chi connectivity index (χ3n) is 3.55. The summed E-state index contributed by atoms with van der Waals surface area (Å²) in [6, 6.07) is 6.79. The smallest absolute Gasteiger partial charge is 0.326 e. The van der Waals surface area contributed by atoms with Gasteiger partial charge in [-0.2, -0.15) is 0 Å². The topological polar surface area (TPSA) is 71.3 Å². The molecular weight excluding hydrogens is 268 g/mol. The minimum atomic E-state index is -0.996. The van der Waals surface area contributed by atoms with E-state index in [9.17, 15) is 9.59 Å². The molecular formula is C16H20N2O3. The Kier molecular flexibility index (Phi) is 4.62. The highest BCUT2D eigenvalue weighted by Gasteiger charge is 2.21. The Hall–Kier alpha value is -2.30. The monoisotopic (exact) mass is 288 g/mol. The summed E-state index contributed by atoms with van der Waals surface area (Å²) in [6.45, 7) is 4.65. The molecule has 0 aliphatic carbocycles. The van der Waals surface area contributed by atoms with Crippen LogP contribution in [0.1, 0.15) is 37.0 Å². The zero-order chi connectivity index (χ0) is 15.4. The van der Waals surface area contributed by atoms with Gasteiger partial charge in [-0.1, -0.05) is 31.5 Å². The minimum absolute atomic E-state index is 0.334. The van der Waals surface area contributed by atoms with Crippen LogP contribution >= 0.6 is 0 Å². The molecule has 0 saturated heterocycles. The summed E-state index contributed by atoms with van der Waals surface area (Å²) in [6.07, 6.45) is 2.91. The Morgan fingerprint density at radius 3 is 2.62 bits per heavy atom. The molecule has 0 bridgehead atoms. The van der Waals surface area contributed by atoms with Crippen molar-refractivity contribution in [3.05, 3.63) is 36.0 Å². The van der Waals surface area contributed by atoms with Crippen molar-refractivity contribution in [3.8, 4) is 0 Å². The summed E-state index contributed by atoms with van der Waals surface area (Å²) < 4.78 is 1.99. The van der Waals surface area contributed by atoms with Crippen LogP contribution in [0.4, 0.5) is 0 Å². The van der Waals surface area contributed by atoms with E-state index >= 15 is 0 Å². The first-order chi connectivity index (χ1) is 10.1. The van der Waals surface area contributed by atoms with E-state index in [1.807, 2.05) is 42.7 Å². The van der Waals surface area contributed by atoms with E-state index in [-0.39, 0.29) is 5.91 Å². The molecule has 1 heterocycles. The van der Waals surface area contributed by atoms with Gasteiger partial charge in [-0.3, -0.25) is 4.79 Å². The summed E-state index contributed by atoms with van der Waals surface area (Å²) in [7, 11) is 0. The first-order valence-electron chi connectivity index (χ1n) is 7.20. The molecule has 2 rings (SSSR count). The van der Waals surface area contributed by atoms with Crippen LogP contribution in [0, 0.1) is 0 Å². The zero-order valence-electron chi connectivity index (χ0n) is 12.3. The Morgan fingerprint density at radius 2 is 2.00 bits per heavy atom. The van der Waals surface area contributed by atoms with E-state index in [1.165, 1.54) is 0 Å². The van der Waals surface area contributed by atoms with Gasteiger partial charge in [0.2, 0.25) is 0 Å². The maximum atomic E-state index is 12.4. The lowest BCUT2D eigenvalue weighted by Gasteiger charge is -2.13. The molecule has 0 spiro atoms. The van der Waals surface area contributed by atoms with Crippen molar-refractivity contribution in [1.82, 2.24) is 9.88 Å². The second-order valence-corrected chi connectivity index (χ2v) is 5.00. The molecule has 0 radical (unpaired) electrons. The minimum Gasteiger partial charge on any atom is -0.480 e. The highest BCUT2D eigenvalue weighted by molar-refractivity contribution is 6.07. The zero-order valence-corrected chi connectivity index (χ0v) is 12.3. The van der Waals surface area contributed by atoms with Gasteiger partial charge in [0, 0.05) is 23.6 Å². The van der Waals surface area contributed by atoms with Crippen LogP contribution in [0.3, 0.4) is 0 Å². The van der Waals surface area contributed by atoms with Crippen molar-refractivity contribution >= 4 is 22.8 Å². The van der Waals surface area contributed by atoms with Crippen molar-refractivity contribution in [3.63, 3.8) is 0 Å². The quantitative estimate of drug-likeness (QED) is 0.858. The number of rotatable bonds is 6. The number of benzene rings is 1. The summed E-state index contributed by atoms with van der Waals surface area (Å²) in [4.78, 5) is 23.6. The van der Waals surface area contributed by atoms with E-state index < -0.39 is 12.0 Å². The number of aryl methyl sites for hydroxylation is 1. The molecule has 5 nitrogen and oxygen atoms in total. The normalized spacial score (nSPS) is 12.3. The van der Waals surface area contributed by atoms with E-state index in [2.05, 4.69) is 5.32 Å². The van der Waals surface area contributed by atoms with Crippen LogP contribution in [0.15, 0.2) is 30.5 Å². The lowest BCUT2D eigenvalue weighted by molar-refractivity contribution is -0.139. The molecule has 112 valence electrons. The second kappa shape index (κ2) is 6.43. The second-order valence-electron chi connectivity index (χ2n) is 5.00. The Morgan fingerprint density at radius 1 is 1.29 bits per heavy atom. The SMILES string of the molecule is CCCC(NC(=O)c1cn(CC)c2ccccc12)C(=O)O. The molecule has 2 N–H and O–H groups in total. The van der Waals surface area contributed by atoms with Crippen molar-refractivity contribution < 1.29 is 14.7 Å². The third-order valence-corrected chi connectivity index (χ3v) is 3.55. The Labute approximate surface area is 123 Å². The van der Waals surface area contributed by atoms with Gasteiger partial charge < -0.3 is 15.0 Å². The molecule has 0 saturated carbocycles. The van der Waals surface area contributed by atoms with Crippen LogP contribution in [0.2, 0.25) is 0 Å². The lowest BCUT2D eigenvalue weighted by atomic mass is 10.1. The summed E-state index contributed by atoms with van der Waals surface area (Å²) in [5.41, 5.74) is 1.50. The van der Waals surface area contributed by atoms with Gasteiger partial charge in [0.15, 0.2) is 0 Å². The summed E-state index contributed by atoms with van der Waals surface area (Å²) >= 11 is 0. The van der Waals surface area contributed by atoms with Crippen molar-refractivity contribution in [2.45, 2.75) is 39.3 Å². The molecule has 0 fully saturated rings. The van der Waals surface area contributed by atoms with Crippen LogP contribution in [0.25, 0.3) is 10.9 Å². The molecule has 1 atom stereocenters. The van der Waals surface area contributed by atoms with E-state index in [4.69, 9.17) is 5.11 Å². The van der Waals surface area contributed by atoms with Gasteiger partial charge in [0.05, 0.1) is 5.56 Å². The number of carboxylic acids is 1. The highest BCUT2D eigenvalue weighted by atomic mass is 16.4. The van der Waals surface area contributed by atoms with Gasteiger partial charge in [0.25, 0.3) is 5.91 Å². The number of carbonyl (C=O) groups excluding carboxylic acids is 1. The molecule has 21 heavy (non-hydrogen) atoms. The number of aliphatic carboxylic acids is 1. The fourth-order valence-corrected chi connectivity index (χ4v) is 2.47. The number of nitrogens with one attached hydrogen (secondary N) is 1. The van der Waals surface area contributed by atoms with Crippen LogP contribution in [-0.4, -0.2) is 27.6 Å². The average molecular weight is 288 g/mol. The Bertz CT molecular complexity index is 661. The fourth-order valence-electron chi connectivity index (χ4n) is 2.47. The molecule has 1 amide bonds. The van der Waals surface area contributed by atoms with Gasteiger partial charge in [0.1, 0.15) is 6.04 Å². The molecule has 0 aliphatic heterocycles. The van der Waals surface area contributed by atoms with Gasteiger partial charge >= 0.3 is 5.97 Å². The molecule has 5 heteroatoms. The average Bonchev–Trinajstić information content (AvgIpc) is 2.85. The summed E-state index contributed by atoms with van der Waals surface area (Å²) in [5, 5.41) is 12.6. The number of nitrogens with zero attached hydrogens (tertiary/aromatic N) is 1. The molecule has 2 aromatic rings. The Balaban J connectivity index is 2.33. The first kappa shape index (κ1) is 15.1. The molecule has 1 aromatic heterocycles. The molecule has 1 aromatic carbocycles. The lowest BCUT2D eigenvalue weighted by Crippen LogP contribution is -2.40. The maximum Gasteiger partial charge on any atom is 0.326 e. The number of amides is 1. The largest absolute Gasteiger partial charge is 0.480 e. The third kappa shape index (κ3) is 3.07. The van der Waals surface area contributed by atoms with Crippen LogP contribution in [0.5, 0.6) is 0 Å². The number of hydrogen-bond acceptors (Lipinski definition) is 2. The van der Waals surface area contributed by atoms with Gasteiger partial charge in [-0.25, -0.2) is 4.79 Å².